The van der Waals surface area contributed by atoms with Gasteiger partial charge in [0.25, 0.3) is 0 Å². The molecule has 2 nitrogen and oxygen atoms in total. The van der Waals surface area contributed by atoms with E-state index in [2.05, 4.69) is 178 Å². The minimum absolute atomic E-state index is 0.124. The number of hydrogen-bond acceptors (Lipinski definition) is 2. The fraction of sp³-hybridized carbons (Fsp3) is 0.0962. The van der Waals surface area contributed by atoms with Crippen LogP contribution in [0.15, 0.2) is 185 Å². The zero-order valence-electron chi connectivity index (χ0n) is 30.5. The van der Waals surface area contributed by atoms with Gasteiger partial charge in [-0.2, -0.15) is 0 Å². The molecular weight excluding hydrogens is 655 g/mol. The van der Waals surface area contributed by atoms with Crippen LogP contribution in [0, 0.1) is 0 Å². The Bertz CT molecular complexity index is 2830. The molecule has 0 unspecified atom stereocenters. The van der Waals surface area contributed by atoms with Gasteiger partial charge in [0.2, 0.25) is 0 Å². The molecule has 0 N–H and O–H groups in total. The molecule has 0 amide bonds. The maximum Gasteiger partial charge on any atom is 0.135 e. The lowest BCUT2D eigenvalue weighted by Gasteiger charge is -2.22. The SMILES string of the molecule is CC1(C)c2ccc(-c3ccc4oc5ccccc5c4c3)cc2-c2c(-c3cccc(C4=CCC/C(c5ccccc5)=C/C(c5ccccc5)=N4)c3)cccc21. The third-order valence-corrected chi connectivity index (χ3v) is 11.4. The maximum absolute atomic E-state index is 6.16. The fourth-order valence-electron chi connectivity index (χ4n) is 8.60. The van der Waals surface area contributed by atoms with Crippen LogP contribution >= 0.6 is 0 Å². The van der Waals surface area contributed by atoms with Crippen molar-refractivity contribution in [3.05, 3.63) is 204 Å². The molecule has 7 aromatic carbocycles. The Morgan fingerprint density at radius 2 is 1.19 bits per heavy atom. The Morgan fingerprint density at radius 1 is 0.500 bits per heavy atom. The van der Waals surface area contributed by atoms with Crippen LogP contribution in [-0.2, 0) is 5.41 Å². The number of aliphatic imine (C=N–C) groups is 1. The van der Waals surface area contributed by atoms with Crippen molar-refractivity contribution in [1.29, 1.82) is 0 Å². The molecule has 0 bridgehead atoms. The van der Waals surface area contributed by atoms with Crippen LogP contribution in [-0.4, -0.2) is 5.71 Å². The molecule has 2 aliphatic rings. The summed E-state index contributed by atoms with van der Waals surface area (Å²) in [6, 6.07) is 59.0. The lowest BCUT2D eigenvalue weighted by atomic mass is 9.81. The van der Waals surface area contributed by atoms with Crippen LogP contribution in [0.3, 0.4) is 0 Å². The van der Waals surface area contributed by atoms with Crippen LogP contribution < -0.4 is 0 Å². The molecule has 54 heavy (non-hydrogen) atoms. The number of allylic oxidation sites excluding steroid dienone is 3. The number of benzene rings is 7. The number of furan rings is 1. The van der Waals surface area contributed by atoms with Gasteiger partial charge in [0, 0.05) is 27.3 Å². The van der Waals surface area contributed by atoms with Gasteiger partial charge >= 0.3 is 0 Å². The number of nitrogens with zero attached hydrogens (tertiary/aromatic N) is 1. The molecule has 0 atom stereocenters. The lowest BCUT2D eigenvalue weighted by molar-refractivity contribution is 0.660. The highest BCUT2D eigenvalue weighted by Gasteiger charge is 2.37. The Balaban J connectivity index is 1.07. The standard InChI is InChI=1S/C52H39NO/c1-52(2)45-28-26-37(38-27-29-50-43(31-38)42-21-9-10-25-49(42)54-50)32-44(45)51-41(22-13-23-46(51)52)39-19-11-20-40(30-39)47-24-12-18-36(34-14-5-3-6-15-34)33-48(53-47)35-16-7-4-8-17-35/h3-11,13-17,19-33H,12,18H2,1-2H3/b36-33-,47-24?,53-48?. The second-order valence-corrected chi connectivity index (χ2v) is 15.0. The summed E-state index contributed by atoms with van der Waals surface area (Å²) in [5, 5.41) is 2.30. The molecule has 2 heteroatoms. The summed E-state index contributed by atoms with van der Waals surface area (Å²) in [5.41, 5.74) is 18.7. The fourth-order valence-corrected chi connectivity index (χ4v) is 8.60. The molecule has 0 radical (unpaired) electrons. The Hall–Kier alpha value is -6.51. The summed E-state index contributed by atoms with van der Waals surface area (Å²) < 4.78 is 6.16. The Kier molecular flexibility index (Phi) is 7.66. The third kappa shape index (κ3) is 5.45. The zero-order chi connectivity index (χ0) is 36.2. The quantitative estimate of drug-likeness (QED) is 0.176. The zero-order valence-corrected chi connectivity index (χ0v) is 30.5. The van der Waals surface area contributed by atoms with Gasteiger partial charge in [0.05, 0.1) is 11.4 Å². The molecule has 1 aromatic heterocycles. The van der Waals surface area contributed by atoms with Gasteiger partial charge in [-0.25, -0.2) is 4.99 Å². The molecular formula is C52H39NO. The summed E-state index contributed by atoms with van der Waals surface area (Å²) in [6.07, 6.45) is 6.47. The number of hydrogen-bond donors (Lipinski definition) is 0. The molecule has 1 aliphatic carbocycles. The minimum atomic E-state index is -0.124. The second-order valence-electron chi connectivity index (χ2n) is 15.0. The molecule has 258 valence electrons. The summed E-state index contributed by atoms with van der Waals surface area (Å²) >= 11 is 0. The summed E-state index contributed by atoms with van der Waals surface area (Å²) in [5.74, 6) is 0. The van der Waals surface area contributed by atoms with E-state index in [4.69, 9.17) is 9.41 Å². The predicted octanol–water partition coefficient (Wildman–Crippen LogP) is 13.9. The molecule has 0 saturated carbocycles. The van der Waals surface area contributed by atoms with Crippen molar-refractivity contribution in [3.8, 4) is 33.4 Å². The average Bonchev–Trinajstić information content (AvgIpc) is 3.70. The van der Waals surface area contributed by atoms with Gasteiger partial charge < -0.3 is 4.42 Å². The summed E-state index contributed by atoms with van der Waals surface area (Å²) in [6.45, 7) is 4.72. The van der Waals surface area contributed by atoms with E-state index in [1.165, 1.54) is 55.6 Å². The third-order valence-electron chi connectivity index (χ3n) is 11.4. The predicted molar refractivity (Wildman–Crippen MR) is 227 cm³/mol. The number of para-hydroxylation sites is 1. The molecule has 0 saturated heterocycles. The highest BCUT2D eigenvalue weighted by Crippen LogP contribution is 2.53. The van der Waals surface area contributed by atoms with Crippen LogP contribution in [0.1, 0.15) is 54.5 Å². The van der Waals surface area contributed by atoms with Gasteiger partial charge in [-0.15, -0.1) is 0 Å². The van der Waals surface area contributed by atoms with Crippen molar-refractivity contribution in [2.75, 3.05) is 0 Å². The van der Waals surface area contributed by atoms with Gasteiger partial charge in [0.15, 0.2) is 0 Å². The topological polar surface area (TPSA) is 25.5 Å². The van der Waals surface area contributed by atoms with Crippen LogP contribution in [0.5, 0.6) is 0 Å². The van der Waals surface area contributed by atoms with E-state index in [1.807, 2.05) is 12.1 Å². The normalized spacial score (nSPS) is 15.8. The van der Waals surface area contributed by atoms with Crippen LogP contribution in [0.2, 0.25) is 0 Å². The molecule has 8 aromatic rings. The van der Waals surface area contributed by atoms with E-state index in [-0.39, 0.29) is 5.41 Å². The lowest BCUT2D eigenvalue weighted by Crippen LogP contribution is -2.14. The van der Waals surface area contributed by atoms with E-state index < -0.39 is 0 Å². The van der Waals surface area contributed by atoms with Gasteiger partial charge in [-0.05, 0) is 105 Å². The first-order valence-electron chi connectivity index (χ1n) is 18.9. The first-order chi connectivity index (χ1) is 26.5. The molecule has 0 spiro atoms. The van der Waals surface area contributed by atoms with E-state index in [1.54, 1.807) is 0 Å². The van der Waals surface area contributed by atoms with E-state index in [0.717, 1.165) is 57.3 Å². The van der Waals surface area contributed by atoms with Crippen molar-refractivity contribution in [3.63, 3.8) is 0 Å². The second kappa shape index (κ2) is 12.9. The molecule has 0 fully saturated rings. The monoisotopic (exact) mass is 693 g/mol. The largest absolute Gasteiger partial charge is 0.456 e. The van der Waals surface area contributed by atoms with Crippen molar-refractivity contribution >= 4 is 38.9 Å². The van der Waals surface area contributed by atoms with Gasteiger partial charge in [0.1, 0.15) is 11.2 Å². The van der Waals surface area contributed by atoms with E-state index >= 15 is 0 Å². The highest BCUT2D eigenvalue weighted by atomic mass is 16.3. The first-order valence-corrected chi connectivity index (χ1v) is 18.9. The summed E-state index contributed by atoms with van der Waals surface area (Å²) in [7, 11) is 0. The van der Waals surface area contributed by atoms with Crippen LogP contribution in [0.4, 0.5) is 0 Å². The molecule has 10 rings (SSSR count). The van der Waals surface area contributed by atoms with Crippen molar-refractivity contribution in [2.45, 2.75) is 32.1 Å². The van der Waals surface area contributed by atoms with Crippen molar-refractivity contribution < 1.29 is 4.42 Å². The van der Waals surface area contributed by atoms with Crippen molar-refractivity contribution in [2.24, 2.45) is 4.99 Å². The van der Waals surface area contributed by atoms with Crippen molar-refractivity contribution in [1.82, 2.24) is 0 Å². The Morgan fingerprint density at radius 3 is 2.04 bits per heavy atom. The smallest absolute Gasteiger partial charge is 0.135 e. The average molecular weight is 694 g/mol. The highest BCUT2D eigenvalue weighted by molar-refractivity contribution is 6.14. The Labute approximate surface area is 316 Å². The maximum atomic E-state index is 6.16. The molecule has 2 heterocycles. The molecule has 1 aliphatic heterocycles. The first kappa shape index (κ1) is 32.2. The van der Waals surface area contributed by atoms with Gasteiger partial charge in [-0.3, -0.25) is 0 Å². The summed E-state index contributed by atoms with van der Waals surface area (Å²) in [4.78, 5) is 5.39. The number of fused-ring (bicyclic) bond motifs is 6. The number of rotatable bonds is 5. The van der Waals surface area contributed by atoms with E-state index in [0.29, 0.717) is 0 Å². The van der Waals surface area contributed by atoms with E-state index in [9.17, 15) is 0 Å². The van der Waals surface area contributed by atoms with Crippen LogP contribution in [0.25, 0.3) is 66.6 Å². The minimum Gasteiger partial charge on any atom is -0.456 e. The van der Waals surface area contributed by atoms with Gasteiger partial charge in [-0.1, -0.05) is 153 Å².